The second-order valence-electron chi connectivity index (χ2n) is 9.31. The third-order valence-corrected chi connectivity index (χ3v) is 7.05. The minimum atomic E-state index is -0.105. The van der Waals surface area contributed by atoms with E-state index in [1.807, 2.05) is 25.1 Å². The van der Waals surface area contributed by atoms with E-state index in [1.54, 1.807) is 7.11 Å². The van der Waals surface area contributed by atoms with Crippen LogP contribution >= 0.6 is 0 Å². The smallest absolute Gasteiger partial charge is 0.251 e. The van der Waals surface area contributed by atoms with Crippen LogP contribution in [0.1, 0.15) is 52.5 Å². The standard InChI is InChI=1S/C28H37N3O4/c1-4-31(22-11-13-35-14-12-22)26-10-6-9-24-23(26)8-5-7-20(18-32)16-21-15-19(2)30-28(34-3)25(21)17-29-27(24)33/h5-7,9-10,15,20,22,32H,4,8,11-14,16-18H2,1-3H3,(H,29,33)/b7-5+. The van der Waals surface area contributed by atoms with Gasteiger partial charge in [-0.25, -0.2) is 4.98 Å². The van der Waals surface area contributed by atoms with Crippen molar-refractivity contribution in [2.24, 2.45) is 5.92 Å². The van der Waals surface area contributed by atoms with Gasteiger partial charge in [0, 0.05) is 67.4 Å². The molecule has 35 heavy (non-hydrogen) atoms. The normalized spacial score (nSPS) is 20.0. The number of nitrogens with one attached hydrogen (secondary N) is 1. The number of rotatable bonds is 5. The maximum absolute atomic E-state index is 13.5. The van der Waals surface area contributed by atoms with Crippen LogP contribution < -0.4 is 15.0 Å². The highest BCUT2D eigenvalue weighted by Gasteiger charge is 2.25. The fourth-order valence-corrected chi connectivity index (χ4v) is 5.29. The summed E-state index contributed by atoms with van der Waals surface area (Å²) in [4.78, 5) is 20.4. The number of allylic oxidation sites excluding steroid dienone is 1. The minimum Gasteiger partial charge on any atom is -0.481 e. The average molecular weight is 480 g/mol. The number of hydrogen-bond acceptors (Lipinski definition) is 6. The Hall–Kier alpha value is -2.90. The first-order valence-corrected chi connectivity index (χ1v) is 12.6. The molecule has 7 nitrogen and oxygen atoms in total. The van der Waals surface area contributed by atoms with Crippen LogP contribution in [0, 0.1) is 12.8 Å². The van der Waals surface area contributed by atoms with E-state index in [2.05, 4.69) is 40.3 Å². The summed E-state index contributed by atoms with van der Waals surface area (Å²) in [6.45, 7) is 6.85. The van der Waals surface area contributed by atoms with Crippen LogP contribution in [0.3, 0.4) is 0 Å². The maximum Gasteiger partial charge on any atom is 0.251 e. The summed E-state index contributed by atoms with van der Waals surface area (Å²) in [5, 5.41) is 13.2. The molecule has 0 spiro atoms. The Kier molecular flexibility index (Phi) is 8.42. The monoisotopic (exact) mass is 479 g/mol. The van der Waals surface area contributed by atoms with Crippen molar-refractivity contribution in [3.63, 3.8) is 0 Å². The second-order valence-corrected chi connectivity index (χ2v) is 9.31. The summed E-state index contributed by atoms with van der Waals surface area (Å²) in [5.74, 6) is 0.374. The van der Waals surface area contributed by atoms with Gasteiger partial charge in [0.05, 0.1) is 7.11 Å². The van der Waals surface area contributed by atoms with Gasteiger partial charge in [0.25, 0.3) is 5.91 Å². The van der Waals surface area contributed by atoms with Gasteiger partial charge in [0.1, 0.15) is 0 Å². The van der Waals surface area contributed by atoms with Crippen LogP contribution in [-0.2, 0) is 24.1 Å². The molecule has 0 radical (unpaired) electrons. The van der Waals surface area contributed by atoms with E-state index in [1.165, 1.54) is 0 Å². The van der Waals surface area contributed by atoms with E-state index in [0.29, 0.717) is 36.9 Å². The fourth-order valence-electron chi connectivity index (χ4n) is 5.29. The van der Waals surface area contributed by atoms with Gasteiger partial charge in [-0.15, -0.1) is 0 Å². The lowest BCUT2D eigenvalue weighted by molar-refractivity contribution is 0.0845. The van der Waals surface area contributed by atoms with E-state index in [-0.39, 0.29) is 18.4 Å². The largest absolute Gasteiger partial charge is 0.481 e. The second kappa shape index (κ2) is 11.7. The molecule has 2 N–H and O–H groups in total. The number of carbonyl (C=O) groups is 1. The van der Waals surface area contributed by atoms with Crippen molar-refractivity contribution in [1.29, 1.82) is 0 Å². The van der Waals surface area contributed by atoms with Gasteiger partial charge in [-0.05, 0) is 68.9 Å². The van der Waals surface area contributed by atoms with Crippen LogP contribution in [-0.4, -0.2) is 55.5 Å². The molecule has 1 amide bonds. The zero-order chi connectivity index (χ0) is 24.8. The van der Waals surface area contributed by atoms with Crippen LogP contribution in [0.15, 0.2) is 36.4 Å². The molecule has 0 aliphatic carbocycles. The van der Waals surface area contributed by atoms with Crippen LogP contribution in [0.2, 0.25) is 0 Å². The van der Waals surface area contributed by atoms with Crippen LogP contribution in [0.4, 0.5) is 5.69 Å². The molecule has 1 unspecified atom stereocenters. The Morgan fingerprint density at radius 1 is 1.26 bits per heavy atom. The van der Waals surface area contributed by atoms with Crippen molar-refractivity contribution < 1.29 is 19.4 Å². The van der Waals surface area contributed by atoms with Gasteiger partial charge in [-0.1, -0.05) is 18.2 Å². The SMILES string of the molecule is CCN(c1cccc2c1C/C=C/C(CO)Cc1cc(C)nc(OC)c1CNC2=O)C1CCOCC1. The van der Waals surface area contributed by atoms with Crippen LogP contribution in [0.5, 0.6) is 5.88 Å². The van der Waals surface area contributed by atoms with Gasteiger partial charge in [0.15, 0.2) is 0 Å². The summed E-state index contributed by atoms with van der Waals surface area (Å²) in [5.41, 5.74) is 5.53. The topological polar surface area (TPSA) is 83.9 Å². The number of pyridine rings is 1. The van der Waals surface area contributed by atoms with Crippen LogP contribution in [0.25, 0.3) is 0 Å². The number of ether oxygens (including phenoxy) is 2. The number of anilines is 1. The summed E-state index contributed by atoms with van der Waals surface area (Å²) < 4.78 is 11.2. The number of carbonyl (C=O) groups excluding carboxylic acids is 1. The number of benzene rings is 1. The number of amides is 1. The lowest BCUT2D eigenvalue weighted by Crippen LogP contribution is -2.40. The van der Waals surface area contributed by atoms with E-state index in [9.17, 15) is 9.90 Å². The Balaban J connectivity index is 1.75. The number of aliphatic hydroxyl groups excluding tert-OH is 1. The first-order valence-electron chi connectivity index (χ1n) is 12.6. The van der Waals surface area contributed by atoms with Crippen molar-refractivity contribution >= 4 is 11.6 Å². The molecule has 7 heteroatoms. The van der Waals surface area contributed by atoms with Gasteiger partial charge in [-0.2, -0.15) is 0 Å². The number of aromatic nitrogens is 1. The molecular weight excluding hydrogens is 442 g/mol. The predicted octanol–water partition coefficient (Wildman–Crippen LogP) is 3.60. The molecule has 1 atom stereocenters. The third-order valence-electron chi connectivity index (χ3n) is 7.05. The number of hydrogen-bond donors (Lipinski definition) is 2. The zero-order valence-electron chi connectivity index (χ0n) is 21.0. The molecule has 0 saturated carbocycles. The molecule has 1 fully saturated rings. The van der Waals surface area contributed by atoms with Gasteiger partial charge in [-0.3, -0.25) is 4.79 Å². The van der Waals surface area contributed by atoms with Crippen molar-refractivity contribution in [2.45, 2.75) is 52.1 Å². The molecule has 2 aromatic rings. The van der Waals surface area contributed by atoms with Crippen molar-refractivity contribution in [1.82, 2.24) is 10.3 Å². The highest BCUT2D eigenvalue weighted by atomic mass is 16.5. The number of aryl methyl sites for hydroxylation is 1. The number of fused-ring (bicyclic) bond motifs is 2. The summed E-state index contributed by atoms with van der Waals surface area (Å²) in [6, 6.07) is 8.41. The maximum atomic E-state index is 13.5. The molecule has 2 aliphatic heterocycles. The Labute approximate surface area is 208 Å². The van der Waals surface area contributed by atoms with Gasteiger partial charge < -0.3 is 24.8 Å². The van der Waals surface area contributed by atoms with E-state index in [0.717, 1.165) is 60.7 Å². The van der Waals surface area contributed by atoms with E-state index < -0.39 is 0 Å². The summed E-state index contributed by atoms with van der Waals surface area (Å²) in [7, 11) is 1.60. The molecule has 1 saturated heterocycles. The summed E-state index contributed by atoms with van der Waals surface area (Å²) >= 11 is 0. The third kappa shape index (κ3) is 5.68. The highest BCUT2D eigenvalue weighted by molar-refractivity contribution is 5.97. The first kappa shape index (κ1) is 25.2. The Morgan fingerprint density at radius 3 is 2.77 bits per heavy atom. The van der Waals surface area contributed by atoms with Gasteiger partial charge >= 0.3 is 0 Å². The molecule has 2 aliphatic rings. The zero-order valence-corrected chi connectivity index (χ0v) is 21.0. The van der Waals surface area contributed by atoms with Crippen molar-refractivity contribution in [2.75, 3.05) is 38.4 Å². The molecule has 4 rings (SSSR count). The average Bonchev–Trinajstić information content (AvgIpc) is 2.87. The molecule has 3 heterocycles. The van der Waals surface area contributed by atoms with Crippen molar-refractivity contribution in [3.8, 4) is 5.88 Å². The fraction of sp³-hybridized carbons (Fsp3) is 0.500. The number of methoxy groups -OCH3 is 1. The predicted molar refractivity (Wildman–Crippen MR) is 137 cm³/mol. The Bertz CT molecular complexity index is 1060. The van der Waals surface area contributed by atoms with Gasteiger partial charge in [0.2, 0.25) is 5.88 Å². The molecule has 1 aromatic carbocycles. The quantitative estimate of drug-likeness (QED) is 0.638. The molecular formula is C28H37N3O4. The van der Waals surface area contributed by atoms with E-state index in [4.69, 9.17) is 9.47 Å². The lowest BCUT2D eigenvalue weighted by Gasteiger charge is -2.37. The summed E-state index contributed by atoms with van der Waals surface area (Å²) in [6.07, 6.45) is 7.41. The number of aliphatic hydroxyl groups is 1. The Morgan fingerprint density at radius 2 is 2.06 bits per heavy atom. The van der Waals surface area contributed by atoms with Crippen molar-refractivity contribution in [3.05, 3.63) is 64.4 Å². The molecule has 188 valence electrons. The molecule has 1 aromatic heterocycles. The lowest BCUT2D eigenvalue weighted by atomic mass is 9.93. The highest BCUT2D eigenvalue weighted by Crippen LogP contribution is 2.31. The first-order chi connectivity index (χ1) is 17.0. The van der Waals surface area contributed by atoms with E-state index >= 15 is 0 Å². The number of nitrogens with zero attached hydrogens (tertiary/aromatic N) is 2. The minimum absolute atomic E-state index is 0.0382. The molecule has 0 bridgehead atoms.